The van der Waals surface area contributed by atoms with Gasteiger partial charge in [-0.1, -0.05) is 46.6 Å². The van der Waals surface area contributed by atoms with Crippen LogP contribution in [-0.4, -0.2) is 0 Å². The average molecular weight is 305 g/mol. The average Bonchev–Trinajstić information content (AvgIpc) is 2.29. The zero-order valence-electron chi connectivity index (χ0n) is 8.58. The molecule has 0 radical (unpaired) electrons. The maximum absolute atomic E-state index is 5.96. The Balaban J connectivity index is 2.30. The number of nitrogens with two attached hydrogens (primary N) is 1. The lowest BCUT2D eigenvalue weighted by Gasteiger charge is -2.07. The molecule has 0 heterocycles. The number of benzene rings is 2. The van der Waals surface area contributed by atoms with Crippen LogP contribution in [-0.2, 0) is 0 Å². The summed E-state index contributed by atoms with van der Waals surface area (Å²) in [6.45, 7) is 0. The van der Waals surface area contributed by atoms with E-state index in [1.54, 1.807) is 12.1 Å². The second-order valence-corrected chi connectivity index (χ2v) is 5.73. The number of rotatable bonds is 2. The molecule has 0 aliphatic rings. The van der Waals surface area contributed by atoms with Gasteiger partial charge in [0.05, 0.1) is 10.0 Å². The monoisotopic (exact) mass is 303 g/mol. The first-order chi connectivity index (χ1) is 8.06. The summed E-state index contributed by atoms with van der Waals surface area (Å²) >= 11 is 19.2. The molecule has 0 atom stereocenters. The van der Waals surface area contributed by atoms with Crippen LogP contribution in [0.1, 0.15) is 0 Å². The number of anilines is 1. The van der Waals surface area contributed by atoms with Crippen LogP contribution >= 0.6 is 46.6 Å². The van der Waals surface area contributed by atoms with Gasteiger partial charge in [-0.2, -0.15) is 0 Å². The van der Waals surface area contributed by atoms with Crippen molar-refractivity contribution in [3.8, 4) is 0 Å². The summed E-state index contributed by atoms with van der Waals surface area (Å²) in [6.07, 6.45) is 0. The van der Waals surface area contributed by atoms with Gasteiger partial charge >= 0.3 is 0 Å². The molecule has 17 heavy (non-hydrogen) atoms. The van der Waals surface area contributed by atoms with E-state index in [4.69, 9.17) is 40.5 Å². The van der Waals surface area contributed by atoms with Crippen LogP contribution in [0.4, 0.5) is 5.69 Å². The first-order valence-electron chi connectivity index (χ1n) is 4.74. The van der Waals surface area contributed by atoms with E-state index >= 15 is 0 Å². The standard InChI is InChI=1S/C12H8Cl3NS/c13-7-1-3-8(4-2-7)17-12-6-10(15)9(14)5-11(12)16/h1-6H,16H2. The lowest BCUT2D eigenvalue weighted by atomic mass is 10.3. The van der Waals surface area contributed by atoms with E-state index in [0.29, 0.717) is 20.8 Å². The second-order valence-electron chi connectivity index (χ2n) is 3.36. The second kappa shape index (κ2) is 5.40. The third kappa shape index (κ3) is 3.23. The largest absolute Gasteiger partial charge is 0.398 e. The topological polar surface area (TPSA) is 26.0 Å². The van der Waals surface area contributed by atoms with Gasteiger partial charge in [0.25, 0.3) is 0 Å². The van der Waals surface area contributed by atoms with Crippen LogP contribution in [0, 0.1) is 0 Å². The van der Waals surface area contributed by atoms with E-state index in [9.17, 15) is 0 Å². The molecule has 0 fully saturated rings. The van der Waals surface area contributed by atoms with Gasteiger partial charge < -0.3 is 5.73 Å². The summed E-state index contributed by atoms with van der Waals surface area (Å²) < 4.78 is 0. The van der Waals surface area contributed by atoms with Crippen LogP contribution in [0.15, 0.2) is 46.2 Å². The quantitative estimate of drug-likeness (QED) is 0.754. The molecule has 0 bridgehead atoms. The van der Waals surface area contributed by atoms with E-state index < -0.39 is 0 Å². The zero-order chi connectivity index (χ0) is 12.4. The lowest BCUT2D eigenvalue weighted by molar-refractivity contribution is 1.41. The van der Waals surface area contributed by atoms with Crippen molar-refractivity contribution in [2.24, 2.45) is 0 Å². The molecule has 5 heteroatoms. The van der Waals surface area contributed by atoms with Gasteiger partial charge in [-0.05, 0) is 36.4 Å². The van der Waals surface area contributed by atoms with Crippen molar-refractivity contribution in [1.82, 2.24) is 0 Å². The van der Waals surface area contributed by atoms with Gasteiger partial charge in [0.2, 0.25) is 0 Å². The maximum Gasteiger partial charge on any atom is 0.0613 e. The number of hydrogen-bond donors (Lipinski definition) is 1. The van der Waals surface area contributed by atoms with E-state index in [1.807, 2.05) is 24.3 Å². The van der Waals surface area contributed by atoms with Gasteiger partial charge in [0.15, 0.2) is 0 Å². The Kier molecular flexibility index (Phi) is 4.10. The molecule has 2 N–H and O–H groups in total. The SMILES string of the molecule is Nc1cc(Cl)c(Cl)cc1Sc1ccc(Cl)cc1. The minimum atomic E-state index is 0.463. The molecular formula is C12H8Cl3NS. The Bertz CT molecular complexity index is 540. The van der Waals surface area contributed by atoms with Crippen molar-refractivity contribution in [1.29, 1.82) is 0 Å². The van der Waals surface area contributed by atoms with E-state index in [0.717, 1.165) is 9.79 Å². The third-order valence-corrected chi connectivity index (χ3v) is 4.15. The van der Waals surface area contributed by atoms with Gasteiger partial charge in [-0.15, -0.1) is 0 Å². The summed E-state index contributed by atoms with van der Waals surface area (Å²) in [5, 5.41) is 1.67. The fourth-order valence-electron chi connectivity index (χ4n) is 1.26. The molecule has 2 aromatic carbocycles. The van der Waals surface area contributed by atoms with E-state index in [1.165, 1.54) is 11.8 Å². The highest BCUT2D eigenvalue weighted by Gasteiger charge is 2.06. The third-order valence-electron chi connectivity index (χ3n) is 2.09. The van der Waals surface area contributed by atoms with Crippen molar-refractivity contribution >= 4 is 52.3 Å². The minimum Gasteiger partial charge on any atom is -0.398 e. The predicted molar refractivity (Wildman–Crippen MR) is 76.4 cm³/mol. The highest BCUT2D eigenvalue weighted by molar-refractivity contribution is 7.99. The Morgan fingerprint density at radius 2 is 1.47 bits per heavy atom. The van der Waals surface area contributed by atoms with Crippen molar-refractivity contribution in [3.05, 3.63) is 51.5 Å². The molecule has 88 valence electrons. The summed E-state index contributed by atoms with van der Waals surface area (Å²) in [5.41, 5.74) is 6.49. The summed E-state index contributed by atoms with van der Waals surface area (Å²) in [5.74, 6) is 0. The molecule has 0 aliphatic heterocycles. The first-order valence-corrected chi connectivity index (χ1v) is 6.69. The van der Waals surface area contributed by atoms with Crippen LogP contribution in [0.3, 0.4) is 0 Å². The molecule has 0 aromatic heterocycles. The van der Waals surface area contributed by atoms with Gasteiger partial charge in [-0.3, -0.25) is 0 Å². The number of halogens is 3. The van der Waals surface area contributed by atoms with E-state index in [2.05, 4.69) is 0 Å². The van der Waals surface area contributed by atoms with Crippen LogP contribution in [0.25, 0.3) is 0 Å². The Labute approximate surface area is 119 Å². The van der Waals surface area contributed by atoms with Gasteiger partial charge in [0, 0.05) is 20.5 Å². The van der Waals surface area contributed by atoms with Gasteiger partial charge in [-0.25, -0.2) is 0 Å². The molecule has 0 unspecified atom stereocenters. The maximum atomic E-state index is 5.96. The van der Waals surface area contributed by atoms with Crippen molar-refractivity contribution in [2.75, 3.05) is 5.73 Å². The van der Waals surface area contributed by atoms with E-state index in [-0.39, 0.29) is 0 Å². The zero-order valence-corrected chi connectivity index (χ0v) is 11.7. The molecule has 0 aliphatic carbocycles. The molecule has 0 amide bonds. The van der Waals surface area contributed by atoms with Gasteiger partial charge in [0.1, 0.15) is 0 Å². The highest BCUT2D eigenvalue weighted by Crippen LogP contribution is 2.37. The summed E-state index contributed by atoms with van der Waals surface area (Å²) in [4.78, 5) is 1.92. The molecular weight excluding hydrogens is 297 g/mol. The molecule has 1 nitrogen and oxygen atoms in total. The first kappa shape index (κ1) is 12.9. The molecule has 0 spiro atoms. The molecule has 2 rings (SSSR count). The normalized spacial score (nSPS) is 10.5. The fourth-order valence-corrected chi connectivity index (χ4v) is 2.67. The molecule has 2 aromatic rings. The van der Waals surface area contributed by atoms with Crippen molar-refractivity contribution in [3.63, 3.8) is 0 Å². The fraction of sp³-hybridized carbons (Fsp3) is 0. The predicted octanol–water partition coefficient (Wildman–Crippen LogP) is 5.38. The van der Waals surface area contributed by atoms with Crippen LogP contribution in [0.2, 0.25) is 15.1 Å². The Morgan fingerprint density at radius 3 is 2.12 bits per heavy atom. The highest BCUT2D eigenvalue weighted by atomic mass is 35.5. The summed E-state index contributed by atoms with van der Waals surface area (Å²) in [7, 11) is 0. The van der Waals surface area contributed by atoms with Crippen molar-refractivity contribution < 1.29 is 0 Å². The van der Waals surface area contributed by atoms with Crippen molar-refractivity contribution in [2.45, 2.75) is 9.79 Å². The summed E-state index contributed by atoms with van der Waals surface area (Å²) in [6, 6.07) is 10.9. The van der Waals surface area contributed by atoms with Crippen LogP contribution in [0.5, 0.6) is 0 Å². The lowest BCUT2D eigenvalue weighted by Crippen LogP contribution is -1.88. The number of nitrogen functional groups attached to an aromatic ring is 1. The Hall–Kier alpha value is -0.540. The number of hydrogen-bond acceptors (Lipinski definition) is 2. The van der Waals surface area contributed by atoms with Crippen LogP contribution < -0.4 is 5.73 Å². The molecule has 0 saturated heterocycles. The molecule has 0 saturated carbocycles. The Morgan fingerprint density at radius 1 is 0.882 bits per heavy atom. The minimum absolute atomic E-state index is 0.463. The smallest absolute Gasteiger partial charge is 0.0613 e.